The largest absolute Gasteiger partial charge is 0.508 e. The van der Waals surface area contributed by atoms with Crippen LogP contribution in [0.5, 0.6) is 5.75 Å². The lowest BCUT2D eigenvalue weighted by Gasteiger charge is -2.10. The van der Waals surface area contributed by atoms with E-state index in [1.807, 2.05) is 13.8 Å². The van der Waals surface area contributed by atoms with Crippen molar-refractivity contribution >= 4 is 5.78 Å². The van der Waals surface area contributed by atoms with E-state index in [4.69, 9.17) is 5.11 Å². The summed E-state index contributed by atoms with van der Waals surface area (Å²) in [5.74, 6) is 0.497. The number of nitrogens with one attached hydrogen (secondary N) is 1. The van der Waals surface area contributed by atoms with Crippen LogP contribution in [-0.2, 0) is 11.2 Å². The molecule has 1 aromatic rings. The number of aromatic hydroxyl groups is 1. The lowest BCUT2D eigenvalue weighted by Crippen LogP contribution is -2.27. The van der Waals surface area contributed by atoms with Crippen molar-refractivity contribution in [3.05, 3.63) is 29.8 Å². The first-order chi connectivity index (χ1) is 7.63. The molecule has 0 aliphatic rings. The van der Waals surface area contributed by atoms with Crippen LogP contribution in [0.1, 0.15) is 19.4 Å². The van der Waals surface area contributed by atoms with Crippen molar-refractivity contribution < 1.29 is 9.90 Å². The standard InChI is InChI=1S/C13H19NO2/c1-3-14-9-10(2)13(16)8-11-4-6-12(15)7-5-11/h4-7,10,14-15H,3,8-9H2,1-2H3. The number of ketones is 1. The summed E-state index contributed by atoms with van der Waals surface area (Å²) in [5.41, 5.74) is 0.950. The zero-order valence-corrected chi connectivity index (χ0v) is 9.86. The van der Waals surface area contributed by atoms with Crippen LogP contribution in [0.2, 0.25) is 0 Å². The average molecular weight is 221 g/mol. The molecule has 3 nitrogen and oxygen atoms in total. The monoisotopic (exact) mass is 221 g/mol. The van der Waals surface area contributed by atoms with Crippen molar-refractivity contribution in [1.29, 1.82) is 0 Å². The third-order valence-electron chi connectivity index (χ3n) is 2.56. The summed E-state index contributed by atoms with van der Waals surface area (Å²) in [6.07, 6.45) is 0.437. The molecule has 16 heavy (non-hydrogen) atoms. The van der Waals surface area contributed by atoms with Crippen molar-refractivity contribution in [3.8, 4) is 5.75 Å². The fourth-order valence-corrected chi connectivity index (χ4v) is 1.46. The first kappa shape index (κ1) is 12.7. The summed E-state index contributed by atoms with van der Waals surface area (Å²) in [4.78, 5) is 11.8. The maximum atomic E-state index is 11.8. The van der Waals surface area contributed by atoms with Gasteiger partial charge in [-0.05, 0) is 24.2 Å². The number of hydrogen-bond acceptors (Lipinski definition) is 3. The molecule has 0 spiro atoms. The minimum atomic E-state index is 0.0359. The van der Waals surface area contributed by atoms with Crippen molar-refractivity contribution in [2.75, 3.05) is 13.1 Å². The second-order valence-electron chi connectivity index (χ2n) is 4.02. The maximum absolute atomic E-state index is 11.8. The van der Waals surface area contributed by atoms with E-state index in [9.17, 15) is 4.79 Å². The molecule has 88 valence electrons. The molecule has 1 aromatic carbocycles. The molecule has 0 aliphatic heterocycles. The number of Topliss-reactive ketones (excluding diaryl/α,β-unsaturated/α-hetero) is 1. The number of carbonyl (C=O) groups is 1. The molecular formula is C13H19NO2. The van der Waals surface area contributed by atoms with Gasteiger partial charge in [-0.15, -0.1) is 0 Å². The minimum Gasteiger partial charge on any atom is -0.508 e. The summed E-state index contributed by atoms with van der Waals surface area (Å²) < 4.78 is 0. The molecule has 0 aliphatic carbocycles. The number of benzene rings is 1. The van der Waals surface area contributed by atoms with Gasteiger partial charge in [0.15, 0.2) is 0 Å². The third-order valence-corrected chi connectivity index (χ3v) is 2.56. The van der Waals surface area contributed by atoms with Crippen molar-refractivity contribution in [3.63, 3.8) is 0 Å². The predicted octanol–water partition coefficient (Wildman–Crippen LogP) is 1.75. The molecule has 3 heteroatoms. The average Bonchev–Trinajstić information content (AvgIpc) is 2.29. The number of hydrogen-bond donors (Lipinski definition) is 2. The normalized spacial score (nSPS) is 12.4. The van der Waals surface area contributed by atoms with Gasteiger partial charge in [0, 0.05) is 18.9 Å². The Bertz CT molecular complexity index is 332. The molecule has 0 aromatic heterocycles. The quantitative estimate of drug-likeness (QED) is 0.769. The van der Waals surface area contributed by atoms with Gasteiger partial charge < -0.3 is 10.4 Å². The Labute approximate surface area is 96.5 Å². The summed E-state index contributed by atoms with van der Waals surface area (Å²) in [5, 5.41) is 12.3. The van der Waals surface area contributed by atoms with Gasteiger partial charge in [0.05, 0.1) is 0 Å². The molecule has 0 fully saturated rings. The fourth-order valence-electron chi connectivity index (χ4n) is 1.46. The van der Waals surface area contributed by atoms with E-state index < -0.39 is 0 Å². The van der Waals surface area contributed by atoms with Crippen molar-refractivity contribution in [2.24, 2.45) is 5.92 Å². The zero-order valence-electron chi connectivity index (χ0n) is 9.86. The summed E-state index contributed by atoms with van der Waals surface area (Å²) in [7, 11) is 0. The Hall–Kier alpha value is -1.35. The smallest absolute Gasteiger partial charge is 0.141 e. The number of rotatable bonds is 6. The highest BCUT2D eigenvalue weighted by Gasteiger charge is 2.12. The van der Waals surface area contributed by atoms with Gasteiger partial charge in [-0.3, -0.25) is 4.79 Å². The van der Waals surface area contributed by atoms with Gasteiger partial charge in [0.2, 0.25) is 0 Å². The van der Waals surface area contributed by atoms with E-state index in [2.05, 4.69) is 5.32 Å². The molecule has 1 unspecified atom stereocenters. The van der Waals surface area contributed by atoms with Crippen molar-refractivity contribution in [2.45, 2.75) is 20.3 Å². The first-order valence-electron chi connectivity index (χ1n) is 5.64. The Balaban J connectivity index is 2.47. The highest BCUT2D eigenvalue weighted by atomic mass is 16.3. The third kappa shape index (κ3) is 4.03. The van der Waals surface area contributed by atoms with Gasteiger partial charge in [0.25, 0.3) is 0 Å². The van der Waals surface area contributed by atoms with Crippen LogP contribution in [0.4, 0.5) is 0 Å². The van der Waals surface area contributed by atoms with E-state index in [0.29, 0.717) is 6.42 Å². The highest BCUT2D eigenvalue weighted by molar-refractivity contribution is 5.83. The second kappa shape index (κ2) is 6.28. The lowest BCUT2D eigenvalue weighted by molar-refractivity contribution is -0.121. The van der Waals surface area contributed by atoms with Crippen LogP contribution >= 0.6 is 0 Å². The van der Waals surface area contributed by atoms with E-state index >= 15 is 0 Å². The molecule has 2 N–H and O–H groups in total. The fraction of sp³-hybridized carbons (Fsp3) is 0.462. The van der Waals surface area contributed by atoms with Gasteiger partial charge in [0.1, 0.15) is 11.5 Å². The van der Waals surface area contributed by atoms with Crippen molar-refractivity contribution in [1.82, 2.24) is 5.32 Å². The van der Waals surface area contributed by atoms with E-state index in [1.54, 1.807) is 24.3 Å². The maximum Gasteiger partial charge on any atom is 0.141 e. The summed E-state index contributed by atoms with van der Waals surface area (Å²) >= 11 is 0. The van der Waals surface area contributed by atoms with Gasteiger partial charge in [-0.25, -0.2) is 0 Å². The van der Waals surface area contributed by atoms with E-state index in [1.165, 1.54) is 0 Å². The van der Waals surface area contributed by atoms with Gasteiger partial charge in [-0.1, -0.05) is 26.0 Å². The Kier molecular flexibility index (Phi) is 4.99. The second-order valence-corrected chi connectivity index (χ2v) is 4.02. The molecule has 0 amide bonds. The van der Waals surface area contributed by atoms with Crippen LogP contribution in [0.15, 0.2) is 24.3 Å². The summed E-state index contributed by atoms with van der Waals surface area (Å²) in [6.45, 7) is 5.58. The SMILES string of the molecule is CCNCC(C)C(=O)Cc1ccc(O)cc1. The molecule has 0 saturated carbocycles. The zero-order chi connectivity index (χ0) is 12.0. The van der Waals surface area contributed by atoms with Crippen LogP contribution in [0.3, 0.4) is 0 Å². The first-order valence-corrected chi connectivity index (χ1v) is 5.64. The highest BCUT2D eigenvalue weighted by Crippen LogP contribution is 2.11. The van der Waals surface area contributed by atoms with Crippen LogP contribution < -0.4 is 5.32 Å². The molecule has 0 bridgehead atoms. The molecule has 0 saturated heterocycles. The number of phenolic OH excluding ortho intramolecular Hbond substituents is 1. The Morgan fingerprint density at radius 1 is 1.38 bits per heavy atom. The van der Waals surface area contributed by atoms with Crippen LogP contribution in [-0.4, -0.2) is 24.0 Å². The lowest BCUT2D eigenvalue weighted by atomic mass is 9.99. The predicted molar refractivity (Wildman–Crippen MR) is 64.5 cm³/mol. The Morgan fingerprint density at radius 3 is 2.56 bits per heavy atom. The molecule has 0 heterocycles. The number of phenols is 1. The molecule has 0 radical (unpaired) electrons. The minimum absolute atomic E-state index is 0.0359. The molecular weight excluding hydrogens is 202 g/mol. The topological polar surface area (TPSA) is 49.3 Å². The summed E-state index contributed by atoms with van der Waals surface area (Å²) in [6, 6.07) is 6.79. The van der Waals surface area contributed by atoms with Crippen LogP contribution in [0, 0.1) is 5.92 Å². The van der Waals surface area contributed by atoms with E-state index in [-0.39, 0.29) is 17.5 Å². The van der Waals surface area contributed by atoms with E-state index in [0.717, 1.165) is 18.7 Å². The molecule has 1 atom stereocenters. The number of carbonyl (C=O) groups excluding carboxylic acids is 1. The van der Waals surface area contributed by atoms with Crippen LogP contribution in [0.25, 0.3) is 0 Å². The van der Waals surface area contributed by atoms with Gasteiger partial charge >= 0.3 is 0 Å². The van der Waals surface area contributed by atoms with Gasteiger partial charge in [-0.2, -0.15) is 0 Å². The molecule has 1 rings (SSSR count). The Morgan fingerprint density at radius 2 is 2.00 bits per heavy atom.